The fourth-order valence-corrected chi connectivity index (χ4v) is 3.28. The predicted octanol–water partition coefficient (Wildman–Crippen LogP) is 5.90. The third kappa shape index (κ3) is 11.4. The van der Waals surface area contributed by atoms with Gasteiger partial charge in [0.25, 0.3) is 0 Å². The fraction of sp³-hybridized carbons (Fsp3) is 0.280. The van der Waals surface area contributed by atoms with Crippen molar-refractivity contribution in [1.29, 1.82) is 0 Å². The molecule has 4 nitrogen and oxygen atoms in total. The van der Waals surface area contributed by atoms with Gasteiger partial charge in [-0.25, -0.2) is 0 Å². The average molecular weight is 459 g/mol. The molecular weight excluding hydrogens is 431 g/mol. The van der Waals surface area contributed by atoms with Crippen LogP contribution in [0.4, 0.5) is 0 Å². The van der Waals surface area contributed by atoms with Gasteiger partial charge in [0.05, 0.1) is 0 Å². The molecule has 0 saturated heterocycles. The summed E-state index contributed by atoms with van der Waals surface area (Å²) in [7, 11) is 0. The smallest absolute Gasteiger partial charge is 0.243 e. The van der Waals surface area contributed by atoms with Crippen LogP contribution in [0.15, 0.2) is 60.7 Å². The lowest BCUT2D eigenvalue weighted by atomic mass is 10.1. The molecule has 164 valence electrons. The van der Waals surface area contributed by atoms with Gasteiger partial charge >= 0.3 is 0 Å². The van der Waals surface area contributed by atoms with Gasteiger partial charge in [0.2, 0.25) is 11.8 Å². The highest BCUT2D eigenvalue weighted by Crippen LogP contribution is 2.12. The van der Waals surface area contributed by atoms with E-state index in [1.807, 2.05) is 36.4 Å². The van der Waals surface area contributed by atoms with E-state index in [4.69, 9.17) is 23.2 Å². The lowest BCUT2D eigenvalue weighted by Crippen LogP contribution is -2.22. The first-order valence-corrected chi connectivity index (χ1v) is 11.2. The van der Waals surface area contributed by atoms with E-state index in [0.717, 1.165) is 43.2 Å². The molecule has 0 aliphatic rings. The first kappa shape index (κ1) is 24.7. The number of carbonyl (C=O) groups excluding carboxylic acids is 2. The number of hydrogen-bond donors (Lipinski definition) is 2. The fourth-order valence-electron chi connectivity index (χ4n) is 2.89. The van der Waals surface area contributed by atoms with Crippen molar-refractivity contribution in [3.63, 3.8) is 0 Å². The predicted molar refractivity (Wildman–Crippen MR) is 130 cm³/mol. The summed E-state index contributed by atoms with van der Waals surface area (Å²) in [5.41, 5.74) is 1.80. The molecule has 2 aromatic carbocycles. The van der Waals surface area contributed by atoms with Crippen molar-refractivity contribution in [2.75, 3.05) is 13.1 Å². The third-order valence-electron chi connectivity index (χ3n) is 4.50. The van der Waals surface area contributed by atoms with Crippen LogP contribution in [0.25, 0.3) is 12.2 Å². The molecule has 2 amide bonds. The van der Waals surface area contributed by atoms with E-state index in [-0.39, 0.29) is 11.8 Å². The Morgan fingerprint density at radius 3 is 1.52 bits per heavy atom. The first-order chi connectivity index (χ1) is 15.0. The van der Waals surface area contributed by atoms with Gasteiger partial charge in [0.15, 0.2) is 0 Å². The minimum atomic E-state index is -0.103. The van der Waals surface area contributed by atoms with E-state index in [9.17, 15) is 9.59 Å². The van der Waals surface area contributed by atoms with Crippen LogP contribution in [0.3, 0.4) is 0 Å². The molecular formula is C25H28Cl2N2O2. The van der Waals surface area contributed by atoms with Crippen LogP contribution in [-0.4, -0.2) is 24.9 Å². The van der Waals surface area contributed by atoms with E-state index in [1.54, 1.807) is 24.3 Å². The summed E-state index contributed by atoms with van der Waals surface area (Å²) in [6, 6.07) is 14.7. The van der Waals surface area contributed by atoms with Crippen molar-refractivity contribution in [2.45, 2.75) is 32.1 Å². The van der Waals surface area contributed by atoms with Crippen molar-refractivity contribution in [3.05, 3.63) is 81.9 Å². The second-order valence-corrected chi connectivity index (χ2v) is 8.00. The third-order valence-corrected chi connectivity index (χ3v) is 4.97. The summed E-state index contributed by atoms with van der Waals surface area (Å²) >= 11 is 11.8. The Morgan fingerprint density at radius 2 is 1.10 bits per heavy atom. The van der Waals surface area contributed by atoms with Crippen molar-refractivity contribution in [1.82, 2.24) is 10.6 Å². The Balaban J connectivity index is 1.46. The molecule has 0 heterocycles. The number of unbranched alkanes of at least 4 members (excludes halogenated alkanes) is 4. The zero-order valence-corrected chi connectivity index (χ0v) is 19.0. The Morgan fingerprint density at radius 1 is 0.677 bits per heavy atom. The monoisotopic (exact) mass is 458 g/mol. The summed E-state index contributed by atoms with van der Waals surface area (Å²) in [6.45, 7) is 1.31. The molecule has 0 aliphatic carbocycles. The van der Waals surface area contributed by atoms with Crippen LogP contribution in [0.2, 0.25) is 10.0 Å². The standard InChI is InChI=1S/C25H28Cl2N2O2/c26-22-10-6-8-20(18-22)12-14-24(30)28-16-4-2-1-3-5-17-29-25(31)15-13-21-9-7-11-23(27)19-21/h6-15,18-19H,1-5,16-17H2,(H,28,30)(H,29,31)/b14-12+,15-13+. The molecule has 2 aromatic rings. The number of rotatable bonds is 12. The van der Waals surface area contributed by atoms with Gasteiger partial charge in [-0.2, -0.15) is 0 Å². The summed E-state index contributed by atoms with van der Waals surface area (Å²) in [5, 5.41) is 7.07. The second kappa shape index (κ2) is 14.4. The molecule has 0 radical (unpaired) electrons. The van der Waals surface area contributed by atoms with Crippen LogP contribution >= 0.6 is 23.2 Å². The normalized spacial score (nSPS) is 11.2. The molecule has 6 heteroatoms. The maximum Gasteiger partial charge on any atom is 0.243 e. The highest BCUT2D eigenvalue weighted by Gasteiger charge is 1.98. The van der Waals surface area contributed by atoms with E-state index < -0.39 is 0 Å². The van der Waals surface area contributed by atoms with Gasteiger partial charge in [-0.05, 0) is 60.4 Å². The van der Waals surface area contributed by atoms with E-state index in [0.29, 0.717) is 23.1 Å². The molecule has 0 aliphatic heterocycles. The zero-order valence-electron chi connectivity index (χ0n) is 17.5. The lowest BCUT2D eigenvalue weighted by Gasteiger charge is -2.04. The maximum atomic E-state index is 11.8. The van der Waals surface area contributed by atoms with Crippen LogP contribution in [-0.2, 0) is 9.59 Å². The molecule has 0 saturated carbocycles. The quantitative estimate of drug-likeness (QED) is 0.307. The molecule has 2 rings (SSSR count). The molecule has 0 unspecified atom stereocenters. The highest BCUT2D eigenvalue weighted by atomic mass is 35.5. The Hall–Kier alpha value is -2.56. The average Bonchev–Trinajstić information content (AvgIpc) is 2.75. The van der Waals surface area contributed by atoms with Crippen molar-refractivity contribution in [3.8, 4) is 0 Å². The number of halogens is 2. The van der Waals surface area contributed by atoms with Crippen molar-refractivity contribution in [2.24, 2.45) is 0 Å². The molecule has 0 atom stereocenters. The number of hydrogen-bond acceptors (Lipinski definition) is 2. The number of carbonyl (C=O) groups is 2. The molecule has 0 spiro atoms. The minimum absolute atomic E-state index is 0.103. The molecule has 2 N–H and O–H groups in total. The Labute approximate surface area is 194 Å². The number of benzene rings is 2. The van der Waals surface area contributed by atoms with Gasteiger partial charge in [0, 0.05) is 35.3 Å². The highest BCUT2D eigenvalue weighted by molar-refractivity contribution is 6.31. The lowest BCUT2D eigenvalue weighted by molar-refractivity contribution is -0.117. The number of nitrogens with one attached hydrogen (secondary N) is 2. The van der Waals surface area contributed by atoms with Crippen molar-refractivity contribution < 1.29 is 9.59 Å². The second-order valence-electron chi connectivity index (χ2n) is 7.13. The maximum absolute atomic E-state index is 11.8. The van der Waals surface area contributed by atoms with Gasteiger partial charge < -0.3 is 10.6 Å². The van der Waals surface area contributed by atoms with E-state index in [2.05, 4.69) is 10.6 Å². The Bertz CT molecular complexity index is 836. The summed E-state index contributed by atoms with van der Waals surface area (Å²) in [6.07, 6.45) is 11.6. The van der Waals surface area contributed by atoms with Crippen molar-refractivity contribution >= 4 is 47.2 Å². The SMILES string of the molecule is O=C(/C=C/c1cccc(Cl)c1)NCCCCCCCNC(=O)/C=C/c1cccc(Cl)c1. The van der Waals surface area contributed by atoms with Crippen LogP contribution < -0.4 is 10.6 Å². The van der Waals surface area contributed by atoms with E-state index >= 15 is 0 Å². The summed E-state index contributed by atoms with van der Waals surface area (Å²) in [4.78, 5) is 23.6. The minimum Gasteiger partial charge on any atom is -0.353 e. The molecule has 0 fully saturated rings. The van der Waals surface area contributed by atoms with Gasteiger partial charge in [-0.15, -0.1) is 0 Å². The first-order valence-electron chi connectivity index (χ1n) is 10.5. The van der Waals surface area contributed by atoms with Gasteiger partial charge in [-0.1, -0.05) is 66.7 Å². The van der Waals surface area contributed by atoms with Crippen LogP contribution in [0.1, 0.15) is 43.2 Å². The number of amides is 2. The van der Waals surface area contributed by atoms with Gasteiger partial charge in [-0.3, -0.25) is 9.59 Å². The van der Waals surface area contributed by atoms with Gasteiger partial charge in [0.1, 0.15) is 0 Å². The topological polar surface area (TPSA) is 58.2 Å². The Kier molecular flexibility index (Phi) is 11.5. The molecule has 0 aromatic heterocycles. The largest absolute Gasteiger partial charge is 0.353 e. The molecule has 31 heavy (non-hydrogen) atoms. The summed E-state index contributed by atoms with van der Waals surface area (Å²) in [5.74, 6) is -0.206. The molecule has 0 bridgehead atoms. The van der Waals surface area contributed by atoms with E-state index in [1.165, 1.54) is 12.2 Å². The zero-order chi connectivity index (χ0) is 22.3. The summed E-state index contributed by atoms with van der Waals surface area (Å²) < 4.78 is 0. The van der Waals surface area contributed by atoms with Crippen LogP contribution in [0.5, 0.6) is 0 Å². The van der Waals surface area contributed by atoms with Crippen LogP contribution in [0, 0.1) is 0 Å².